The summed E-state index contributed by atoms with van der Waals surface area (Å²) in [7, 11) is 1.98. The highest BCUT2D eigenvalue weighted by atomic mass is 16.3. The molecule has 0 saturated heterocycles. The minimum atomic E-state index is -0.288. The molecule has 0 radical (unpaired) electrons. The first-order chi connectivity index (χ1) is 10.5. The molecule has 0 aliphatic carbocycles. The summed E-state index contributed by atoms with van der Waals surface area (Å²) in [5.41, 5.74) is 4.48. The van der Waals surface area contributed by atoms with Gasteiger partial charge in [0.25, 0.3) is 5.56 Å². The van der Waals surface area contributed by atoms with E-state index in [-0.39, 0.29) is 11.3 Å². The first kappa shape index (κ1) is 14.4. The molecular weight excluding hydrogens is 276 g/mol. The van der Waals surface area contributed by atoms with E-state index in [4.69, 9.17) is 0 Å². The zero-order chi connectivity index (χ0) is 15.9. The van der Waals surface area contributed by atoms with Gasteiger partial charge in [-0.2, -0.15) is 0 Å². The van der Waals surface area contributed by atoms with Crippen LogP contribution in [0.5, 0.6) is 5.75 Å². The number of rotatable bonds is 3. The van der Waals surface area contributed by atoms with Gasteiger partial charge in [-0.15, -0.1) is 0 Å². The van der Waals surface area contributed by atoms with Crippen LogP contribution in [0.1, 0.15) is 25.0 Å². The first-order valence-corrected chi connectivity index (χ1v) is 7.59. The molecule has 0 atom stereocenters. The second kappa shape index (κ2) is 5.37. The predicted molar refractivity (Wildman–Crippen MR) is 89.4 cm³/mol. The Morgan fingerprint density at radius 2 is 1.91 bits per heavy atom. The molecule has 2 N–H and O–H groups in total. The van der Waals surface area contributed by atoms with Gasteiger partial charge in [-0.1, -0.05) is 19.9 Å². The molecular formula is C18H20N2O2. The van der Waals surface area contributed by atoms with Crippen molar-refractivity contribution in [2.45, 2.75) is 26.7 Å². The van der Waals surface area contributed by atoms with Gasteiger partial charge in [-0.3, -0.25) is 4.79 Å². The summed E-state index contributed by atoms with van der Waals surface area (Å²) in [4.78, 5) is 14.6. The summed E-state index contributed by atoms with van der Waals surface area (Å²) >= 11 is 0. The number of nitrogens with one attached hydrogen (secondary N) is 1. The number of aromatic hydroxyl groups is 1. The Morgan fingerprint density at radius 1 is 1.14 bits per heavy atom. The van der Waals surface area contributed by atoms with Crippen molar-refractivity contribution in [2.24, 2.45) is 7.05 Å². The number of nitrogens with zero attached hydrogens (tertiary/aromatic N) is 1. The topological polar surface area (TPSA) is 58.0 Å². The van der Waals surface area contributed by atoms with Crippen LogP contribution in [0.2, 0.25) is 0 Å². The van der Waals surface area contributed by atoms with Gasteiger partial charge in [-0.05, 0) is 36.6 Å². The number of hydrogen-bond acceptors (Lipinski definition) is 2. The van der Waals surface area contributed by atoms with Crippen LogP contribution in [0.25, 0.3) is 22.3 Å². The highest BCUT2D eigenvalue weighted by molar-refractivity contribution is 5.87. The molecule has 3 rings (SSSR count). The Morgan fingerprint density at radius 3 is 2.59 bits per heavy atom. The number of aryl methyl sites for hydroxylation is 2. The van der Waals surface area contributed by atoms with Crippen LogP contribution < -0.4 is 5.56 Å². The van der Waals surface area contributed by atoms with Crippen LogP contribution in [-0.4, -0.2) is 14.7 Å². The molecule has 1 aromatic carbocycles. The van der Waals surface area contributed by atoms with E-state index >= 15 is 0 Å². The molecule has 4 heteroatoms. The van der Waals surface area contributed by atoms with Crippen LogP contribution in [0, 0.1) is 0 Å². The van der Waals surface area contributed by atoms with Gasteiger partial charge in [-0.25, -0.2) is 0 Å². The molecule has 4 nitrogen and oxygen atoms in total. The predicted octanol–water partition coefficient (Wildman–Crippen LogP) is 3.36. The van der Waals surface area contributed by atoms with Crippen molar-refractivity contribution >= 4 is 10.9 Å². The molecule has 0 unspecified atom stereocenters. The van der Waals surface area contributed by atoms with E-state index in [0.717, 1.165) is 28.6 Å². The molecule has 0 bridgehead atoms. The Kier molecular flexibility index (Phi) is 3.53. The lowest BCUT2D eigenvalue weighted by atomic mass is 10.1. The maximum absolute atomic E-state index is 11.8. The number of pyridine rings is 1. The number of benzene rings is 1. The Balaban J connectivity index is 2.31. The molecule has 0 spiro atoms. The number of H-pyrrole nitrogens is 1. The lowest BCUT2D eigenvalue weighted by molar-refractivity contribution is 0.467. The lowest BCUT2D eigenvalue weighted by Gasteiger charge is -2.10. The van der Waals surface area contributed by atoms with E-state index in [2.05, 4.69) is 40.7 Å². The number of aromatic amines is 1. The minimum Gasteiger partial charge on any atom is -0.507 e. The maximum Gasteiger partial charge on any atom is 0.252 e. The number of aromatic nitrogens is 2. The summed E-state index contributed by atoms with van der Waals surface area (Å²) in [5.74, 6) is 0.0563. The average molecular weight is 296 g/mol. The zero-order valence-corrected chi connectivity index (χ0v) is 13.1. The fourth-order valence-electron chi connectivity index (χ4n) is 3.01. The van der Waals surface area contributed by atoms with Crippen LogP contribution in [0.15, 0.2) is 35.1 Å². The molecule has 0 aliphatic heterocycles. The largest absolute Gasteiger partial charge is 0.507 e. The van der Waals surface area contributed by atoms with Gasteiger partial charge >= 0.3 is 0 Å². The van der Waals surface area contributed by atoms with Gasteiger partial charge in [0, 0.05) is 29.6 Å². The van der Waals surface area contributed by atoms with Crippen molar-refractivity contribution in [1.82, 2.24) is 9.55 Å². The van der Waals surface area contributed by atoms with E-state index < -0.39 is 0 Å². The normalized spacial score (nSPS) is 11.2. The molecule has 0 aliphatic rings. The molecule has 0 amide bonds. The van der Waals surface area contributed by atoms with Gasteiger partial charge in [0.2, 0.25) is 0 Å². The van der Waals surface area contributed by atoms with Crippen LogP contribution >= 0.6 is 0 Å². The van der Waals surface area contributed by atoms with Crippen molar-refractivity contribution in [2.75, 3.05) is 0 Å². The summed E-state index contributed by atoms with van der Waals surface area (Å²) in [6.45, 7) is 4.10. The standard InChI is InChI=1S/C18H20N2O2/c1-4-11-6-7-14-12(8-11)9-15(20(14)3)18-13(5-2)16(21)10-17(22)19-18/h6-10H,4-5H2,1-3H3,(H2,19,21,22). The van der Waals surface area contributed by atoms with Crippen molar-refractivity contribution in [3.63, 3.8) is 0 Å². The summed E-state index contributed by atoms with van der Waals surface area (Å²) in [5, 5.41) is 11.2. The quantitative estimate of drug-likeness (QED) is 0.778. The monoisotopic (exact) mass is 296 g/mol. The SMILES string of the molecule is CCc1ccc2c(c1)cc(-c1[nH]c(=O)cc(O)c1CC)n2C. The second-order valence-corrected chi connectivity index (χ2v) is 5.56. The van der Waals surface area contributed by atoms with Crippen molar-refractivity contribution in [3.8, 4) is 17.1 Å². The average Bonchev–Trinajstić information content (AvgIpc) is 2.83. The number of hydrogen-bond donors (Lipinski definition) is 2. The van der Waals surface area contributed by atoms with E-state index in [9.17, 15) is 9.90 Å². The van der Waals surface area contributed by atoms with Crippen LogP contribution in [-0.2, 0) is 19.9 Å². The minimum absolute atomic E-state index is 0.0563. The molecule has 0 saturated carbocycles. The van der Waals surface area contributed by atoms with Crippen molar-refractivity contribution < 1.29 is 5.11 Å². The Bertz CT molecular complexity index is 903. The molecule has 3 aromatic rings. The van der Waals surface area contributed by atoms with E-state index in [1.54, 1.807) is 0 Å². The third kappa shape index (κ3) is 2.21. The van der Waals surface area contributed by atoms with Gasteiger partial charge < -0.3 is 14.7 Å². The summed E-state index contributed by atoms with van der Waals surface area (Å²) < 4.78 is 2.05. The lowest BCUT2D eigenvalue weighted by Crippen LogP contribution is -2.09. The molecule has 2 aromatic heterocycles. The number of fused-ring (bicyclic) bond motifs is 1. The molecule has 2 heterocycles. The van der Waals surface area contributed by atoms with Gasteiger partial charge in [0.15, 0.2) is 0 Å². The third-order valence-corrected chi connectivity index (χ3v) is 4.25. The van der Waals surface area contributed by atoms with Crippen LogP contribution in [0.4, 0.5) is 0 Å². The molecule has 114 valence electrons. The maximum atomic E-state index is 11.8. The molecule has 22 heavy (non-hydrogen) atoms. The summed E-state index contributed by atoms with van der Waals surface area (Å²) in [6.07, 6.45) is 1.64. The molecule has 0 fully saturated rings. The summed E-state index contributed by atoms with van der Waals surface area (Å²) in [6, 6.07) is 9.70. The van der Waals surface area contributed by atoms with E-state index in [1.807, 2.05) is 14.0 Å². The Hall–Kier alpha value is -2.49. The highest BCUT2D eigenvalue weighted by Crippen LogP contribution is 2.31. The first-order valence-electron chi connectivity index (χ1n) is 7.59. The zero-order valence-electron chi connectivity index (χ0n) is 13.1. The fraction of sp³-hybridized carbons (Fsp3) is 0.278. The van der Waals surface area contributed by atoms with E-state index in [0.29, 0.717) is 12.1 Å². The Labute approximate surface area is 129 Å². The van der Waals surface area contributed by atoms with Crippen molar-refractivity contribution in [3.05, 3.63) is 51.8 Å². The smallest absolute Gasteiger partial charge is 0.252 e. The fourth-order valence-corrected chi connectivity index (χ4v) is 3.01. The van der Waals surface area contributed by atoms with Gasteiger partial charge in [0.1, 0.15) is 5.75 Å². The van der Waals surface area contributed by atoms with Crippen molar-refractivity contribution in [1.29, 1.82) is 0 Å². The third-order valence-electron chi connectivity index (χ3n) is 4.25. The second-order valence-electron chi connectivity index (χ2n) is 5.56. The van der Waals surface area contributed by atoms with Crippen LogP contribution in [0.3, 0.4) is 0 Å². The highest BCUT2D eigenvalue weighted by Gasteiger charge is 2.15. The van der Waals surface area contributed by atoms with Gasteiger partial charge in [0.05, 0.1) is 11.4 Å². The van der Waals surface area contributed by atoms with E-state index in [1.165, 1.54) is 11.6 Å².